The van der Waals surface area contributed by atoms with Crippen molar-refractivity contribution in [3.8, 4) is 0 Å². The van der Waals surface area contributed by atoms with Gasteiger partial charge in [0, 0.05) is 28.0 Å². The normalized spacial score (nSPS) is 11.1. The van der Waals surface area contributed by atoms with Gasteiger partial charge in [0.1, 0.15) is 0 Å². The topological polar surface area (TPSA) is 22.0 Å². The smallest absolute Gasteiger partial charge is 0.153 e. The van der Waals surface area contributed by atoms with Gasteiger partial charge in [-0.15, -0.1) is 0 Å². The van der Waals surface area contributed by atoms with Crippen LogP contribution in [0, 0.1) is 6.92 Å². The second-order valence-corrected chi connectivity index (χ2v) is 4.92. The molecule has 1 aromatic rings. The van der Waals surface area contributed by atoms with Crippen molar-refractivity contribution in [1.29, 1.82) is 0 Å². The van der Waals surface area contributed by atoms with Gasteiger partial charge in [0.2, 0.25) is 0 Å². The number of hydrogen-bond acceptors (Lipinski definition) is 1. The first-order valence-electron chi connectivity index (χ1n) is 5.38. The quantitative estimate of drug-likeness (QED) is 0.762. The van der Waals surface area contributed by atoms with Crippen LogP contribution < -0.4 is 0 Å². The predicted molar refractivity (Wildman–Crippen MR) is 66.6 cm³/mol. The van der Waals surface area contributed by atoms with E-state index < -0.39 is 0 Å². The van der Waals surface area contributed by atoms with E-state index in [0.717, 1.165) is 35.0 Å². The Bertz CT molecular complexity index is 366. The van der Waals surface area contributed by atoms with E-state index in [1.165, 1.54) is 5.69 Å². The molecule has 0 aromatic carbocycles. The number of halogens is 1. The molecule has 0 fully saturated rings. The van der Waals surface area contributed by atoms with Crippen LogP contribution in [0.25, 0.3) is 0 Å². The second-order valence-electron chi connectivity index (χ2n) is 4.12. The molecule has 0 unspecified atom stereocenters. The average Bonchev–Trinajstić information content (AvgIpc) is 2.39. The highest BCUT2D eigenvalue weighted by atomic mass is 79.9. The maximum Gasteiger partial charge on any atom is 0.153 e. The Kier molecular flexibility index (Phi) is 4.14. The lowest BCUT2D eigenvalue weighted by molar-refractivity contribution is 0.112. The van der Waals surface area contributed by atoms with Crippen molar-refractivity contribution in [2.45, 2.75) is 46.6 Å². The molecular formula is C12H18BrNO. The Morgan fingerprint density at radius 3 is 2.47 bits per heavy atom. The minimum Gasteiger partial charge on any atom is -0.347 e. The maximum absolute atomic E-state index is 11.0. The molecule has 0 aliphatic carbocycles. The first-order chi connectivity index (χ1) is 7.04. The summed E-state index contributed by atoms with van der Waals surface area (Å²) in [5.74, 6) is 0.429. The van der Waals surface area contributed by atoms with Gasteiger partial charge in [0.05, 0.1) is 0 Å². The highest BCUT2D eigenvalue weighted by Crippen LogP contribution is 2.32. The van der Waals surface area contributed by atoms with Crippen LogP contribution in [0.1, 0.15) is 54.9 Å². The van der Waals surface area contributed by atoms with Crippen LogP contribution in [-0.4, -0.2) is 10.9 Å². The van der Waals surface area contributed by atoms with Gasteiger partial charge in [-0.1, -0.05) is 20.8 Å². The number of rotatable bonds is 4. The van der Waals surface area contributed by atoms with E-state index in [1.807, 2.05) is 6.92 Å². The molecule has 1 aromatic heterocycles. The predicted octanol–water partition coefficient (Wildman–Crippen LogP) is 3.90. The summed E-state index contributed by atoms with van der Waals surface area (Å²) >= 11 is 3.53. The van der Waals surface area contributed by atoms with Crippen LogP contribution >= 0.6 is 15.9 Å². The summed E-state index contributed by atoms with van der Waals surface area (Å²) in [5.41, 5.74) is 3.10. The maximum atomic E-state index is 11.0. The van der Waals surface area contributed by atoms with Crippen molar-refractivity contribution in [3.05, 3.63) is 21.4 Å². The Morgan fingerprint density at radius 1 is 1.47 bits per heavy atom. The van der Waals surface area contributed by atoms with Gasteiger partial charge in [-0.05, 0) is 35.2 Å². The fourth-order valence-electron chi connectivity index (χ4n) is 1.96. The van der Waals surface area contributed by atoms with Crippen LogP contribution in [-0.2, 0) is 6.54 Å². The highest BCUT2D eigenvalue weighted by molar-refractivity contribution is 9.10. The molecule has 0 spiro atoms. The fourth-order valence-corrected chi connectivity index (χ4v) is 3.01. The molecule has 15 heavy (non-hydrogen) atoms. The number of aromatic nitrogens is 1. The van der Waals surface area contributed by atoms with Gasteiger partial charge in [0.15, 0.2) is 6.29 Å². The molecule has 0 bridgehead atoms. The number of nitrogens with zero attached hydrogens (tertiary/aromatic N) is 1. The third-order valence-electron chi connectivity index (χ3n) is 2.66. The molecular weight excluding hydrogens is 254 g/mol. The van der Waals surface area contributed by atoms with Crippen molar-refractivity contribution in [1.82, 2.24) is 4.57 Å². The molecule has 0 radical (unpaired) electrons. The third-order valence-corrected chi connectivity index (χ3v) is 3.49. The Balaban J connectivity index is 3.39. The summed E-state index contributed by atoms with van der Waals surface area (Å²) in [6, 6.07) is 0. The van der Waals surface area contributed by atoms with Crippen LogP contribution in [0.4, 0.5) is 0 Å². The summed E-state index contributed by atoms with van der Waals surface area (Å²) < 4.78 is 3.22. The molecule has 0 amide bonds. The van der Waals surface area contributed by atoms with Crippen molar-refractivity contribution in [2.24, 2.45) is 0 Å². The standard InChI is InChI=1S/C12H18BrNO/c1-5-6-14-9(4)10(7-15)11(13)12(14)8(2)3/h7-8H,5-6H2,1-4H3. The molecule has 1 heterocycles. The van der Waals surface area contributed by atoms with E-state index >= 15 is 0 Å². The SMILES string of the molecule is CCCn1c(C)c(C=O)c(Br)c1C(C)C. The minimum atomic E-state index is 0.429. The van der Waals surface area contributed by atoms with Crippen molar-refractivity contribution in [2.75, 3.05) is 0 Å². The number of carbonyl (C=O) groups excluding carboxylic acids is 1. The zero-order valence-electron chi connectivity index (χ0n) is 9.80. The highest BCUT2D eigenvalue weighted by Gasteiger charge is 2.19. The number of aldehydes is 1. The first-order valence-corrected chi connectivity index (χ1v) is 6.17. The van der Waals surface area contributed by atoms with E-state index in [-0.39, 0.29) is 0 Å². The Hall–Kier alpha value is -0.570. The third kappa shape index (κ3) is 2.17. The van der Waals surface area contributed by atoms with E-state index in [9.17, 15) is 4.79 Å². The van der Waals surface area contributed by atoms with E-state index in [2.05, 4.69) is 41.3 Å². The largest absolute Gasteiger partial charge is 0.347 e. The van der Waals surface area contributed by atoms with Gasteiger partial charge in [-0.25, -0.2) is 0 Å². The summed E-state index contributed by atoms with van der Waals surface area (Å²) in [6.07, 6.45) is 2.03. The summed E-state index contributed by atoms with van der Waals surface area (Å²) in [5, 5.41) is 0. The number of carbonyl (C=O) groups is 1. The molecule has 0 saturated carbocycles. The summed E-state index contributed by atoms with van der Waals surface area (Å²) in [7, 11) is 0. The minimum absolute atomic E-state index is 0.429. The van der Waals surface area contributed by atoms with Crippen LogP contribution in [0.15, 0.2) is 4.47 Å². The van der Waals surface area contributed by atoms with Crippen molar-refractivity contribution in [3.63, 3.8) is 0 Å². The monoisotopic (exact) mass is 271 g/mol. The Morgan fingerprint density at radius 2 is 2.07 bits per heavy atom. The molecule has 3 heteroatoms. The molecule has 0 atom stereocenters. The van der Waals surface area contributed by atoms with E-state index in [4.69, 9.17) is 0 Å². The summed E-state index contributed by atoms with van der Waals surface area (Å²) in [6.45, 7) is 9.44. The zero-order chi connectivity index (χ0) is 11.6. The summed E-state index contributed by atoms with van der Waals surface area (Å²) in [4.78, 5) is 11.0. The van der Waals surface area contributed by atoms with Gasteiger partial charge in [-0.3, -0.25) is 4.79 Å². The lowest BCUT2D eigenvalue weighted by atomic mass is 10.1. The molecule has 0 aliphatic rings. The van der Waals surface area contributed by atoms with Gasteiger partial charge < -0.3 is 4.57 Å². The lowest BCUT2D eigenvalue weighted by Crippen LogP contribution is -2.06. The molecule has 2 nitrogen and oxygen atoms in total. The zero-order valence-corrected chi connectivity index (χ0v) is 11.4. The van der Waals surface area contributed by atoms with Crippen LogP contribution in [0.2, 0.25) is 0 Å². The molecule has 0 N–H and O–H groups in total. The van der Waals surface area contributed by atoms with Crippen LogP contribution in [0.5, 0.6) is 0 Å². The molecule has 1 rings (SSSR count). The first kappa shape index (κ1) is 12.5. The van der Waals surface area contributed by atoms with Crippen molar-refractivity contribution >= 4 is 22.2 Å². The number of hydrogen-bond donors (Lipinski definition) is 0. The second kappa shape index (κ2) is 4.97. The molecule has 0 aliphatic heterocycles. The molecule has 84 valence electrons. The molecule has 0 saturated heterocycles. The van der Waals surface area contributed by atoms with E-state index in [1.54, 1.807) is 0 Å². The van der Waals surface area contributed by atoms with Crippen LogP contribution in [0.3, 0.4) is 0 Å². The van der Waals surface area contributed by atoms with Gasteiger partial charge in [-0.2, -0.15) is 0 Å². The van der Waals surface area contributed by atoms with Crippen molar-refractivity contribution < 1.29 is 4.79 Å². The Labute approximate surface area is 99.8 Å². The van der Waals surface area contributed by atoms with Gasteiger partial charge >= 0.3 is 0 Å². The van der Waals surface area contributed by atoms with E-state index in [0.29, 0.717) is 5.92 Å². The fraction of sp³-hybridized carbons (Fsp3) is 0.583. The lowest BCUT2D eigenvalue weighted by Gasteiger charge is -2.13. The van der Waals surface area contributed by atoms with Gasteiger partial charge in [0.25, 0.3) is 0 Å². The average molecular weight is 272 g/mol.